The van der Waals surface area contributed by atoms with Crippen molar-refractivity contribution < 1.29 is 14.3 Å². The zero-order chi connectivity index (χ0) is 13.2. The van der Waals surface area contributed by atoms with E-state index in [1.807, 2.05) is 20.8 Å². The molecule has 1 saturated heterocycles. The minimum absolute atomic E-state index is 0.0152. The molecule has 0 aromatic rings. The summed E-state index contributed by atoms with van der Waals surface area (Å²) < 4.78 is 11.9. The number of hydrogen-bond donors (Lipinski definition) is 0. The monoisotopic (exact) mass is 242 g/mol. The molecule has 0 aliphatic carbocycles. The summed E-state index contributed by atoms with van der Waals surface area (Å²) in [4.78, 5) is 11.6. The first kappa shape index (κ1) is 14.7. The fraction of sp³-hybridized carbons (Fsp3) is 0.929. The van der Waals surface area contributed by atoms with Gasteiger partial charge in [-0.2, -0.15) is 0 Å². The molecule has 1 aliphatic heterocycles. The molecule has 0 aromatic carbocycles. The lowest BCUT2D eigenvalue weighted by molar-refractivity contribution is -0.325. The van der Waals surface area contributed by atoms with Crippen molar-refractivity contribution in [1.29, 1.82) is 0 Å². The van der Waals surface area contributed by atoms with E-state index >= 15 is 0 Å². The van der Waals surface area contributed by atoms with Gasteiger partial charge in [-0.1, -0.05) is 27.7 Å². The maximum absolute atomic E-state index is 11.6. The second-order valence-corrected chi connectivity index (χ2v) is 5.84. The number of Topliss-reactive ketones (excluding diaryl/α,β-unsaturated/α-hetero) is 1. The fourth-order valence-corrected chi connectivity index (χ4v) is 2.49. The average Bonchev–Trinajstić information content (AvgIpc) is 2.22. The largest absolute Gasteiger partial charge is 0.347 e. The number of ether oxygens (including phenoxy) is 2. The summed E-state index contributed by atoms with van der Waals surface area (Å²) in [6.07, 6.45) is 1.24. The number of carbonyl (C=O) groups is 1. The molecule has 3 heteroatoms. The molecule has 0 unspecified atom stereocenters. The Morgan fingerprint density at radius 3 is 2.35 bits per heavy atom. The van der Waals surface area contributed by atoms with Crippen LogP contribution in [-0.4, -0.2) is 23.8 Å². The van der Waals surface area contributed by atoms with Gasteiger partial charge in [0.1, 0.15) is 5.78 Å². The highest BCUT2D eigenvalue weighted by Gasteiger charge is 2.42. The summed E-state index contributed by atoms with van der Waals surface area (Å²) in [5.74, 6) is 0.383. The van der Waals surface area contributed by atoms with E-state index in [0.717, 1.165) is 0 Å². The van der Waals surface area contributed by atoms with Crippen LogP contribution in [0.15, 0.2) is 0 Å². The van der Waals surface area contributed by atoms with E-state index in [2.05, 4.69) is 20.8 Å². The molecule has 0 spiro atoms. The third-order valence-corrected chi connectivity index (χ3v) is 3.44. The van der Waals surface area contributed by atoms with E-state index in [0.29, 0.717) is 18.8 Å². The third-order valence-electron chi connectivity index (χ3n) is 3.44. The van der Waals surface area contributed by atoms with Gasteiger partial charge in [-0.3, -0.25) is 4.79 Å². The minimum Gasteiger partial charge on any atom is -0.347 e. The van der Waals surface area contributed by atoms with Crippen molar-refractivity contribution >= 4 is 5.78 Å². The zero-order valence-electron chi connectivity index (χ0n) is 11.9. The molecule has 0 N–H and O–H groups in total. The quantitative estimate of drug-likeness (QED) is 0.759. The predicted octanol–water partition coefficient (Wildman–Crippen LogP) is 3.17. The van der Waals surface area contributed by atoms with Crippen LogP contribution in [0, 0.1) is 11.8 Å². The Bertz CT molecular complexity index is 271. The SMILES string of the molecule is CCC(=O)C[C@H]1OC(C)(C)O[C@H](C(C)C)[C@H]1C. The van der Waals surface area contributed by atoms with Gasteiger partial charge in [0.15, 0.2) is 5.79 Å². The van der Waals surface area contributed by atoms with E-state index in [9.17, 15) is 4.79 Å². The van der Waals surface area contributed by atoms with E-state index < -0.39 is 5.79 Å². The van der Waals surface area contributed by atoms with Crippen molar-refractivity contribution in [2.75, 3.05) is 0 Å². The molecule has 0 radical (unpaired) electrons. The first-order chi connectivity index (χ1) is 7.76. The lowest BCUT2D eigenvalue weighted by Crippen LogP contribution is -2.52. The second kappa shape index (κ2) is 5.49. The van der Waals surface area contributed by atoms with Crippen molar-refractivity contribution in [2.24, 2.45) is 11.8 Å². The van der Waals surface area contributed by atoms with Crippen LogP contribution in [-0.2, 0) is 14.3 Å². The van der Waals surface area contributed by atoms with Gasteiger partial charge < -0.3 is 9.47 Å². The maximum Gasteiger partial charge on any atom is 0.163 e. The Balaban J connectivity index is 2.78. The number of ketones is 1. The van der Waals surface area contributed by atoms with Crippen molar-refractivity contribution in [2.45, 2.75) is 72.4 Å². The first-order valence-corrected chi connectivity index (χ1v) is 6.64. The number of rotatable bonds is 4. The molecule has 3 atom stereocenters. The normalized spacial score (nSPS) is 32.8. The van der Waals surface area contributed by atoms with Gasteiger partial charge in [0.25, 0.3) is 0 Å². The van der Waals surface area contributed by atoms with Crippen molar-refractivity contribution in [1.82, 2.24) is 0 Å². The predicted molar refractivity (Wildman–Crippen MR) is 67.7 cm³/mol. The molecule has 0 amide bonds. The van der Waals surface area contributed by atoms with Crippen LogP contribution in [0.2, 0.25) is 0 Å². The van der Waals surface area contributed by atoms with Crippen LogP contribution in [0.5, 0.6) is 0 Å². The first-order valence-electron chi connectivity index (χ1n) is 6.64. The number of hydrogen-bond acceptors (Lipinski definition) is 3. The Kier molecular flexibility index (Phi) is 4.73. The van der Waals surface area contributed by atoms with E-state index in [1.165, 1.54) is 0 Å². The molecule has 3 nitrogen and oxygen atoms in total. The highest BCUT2D eigenvalue weighted by Crippen LogP contribution is 2.35. The topological polar surface area (TPSA) is 35.5 Å². The number of carbonyl (C=O) groups excluding carboxylic acids is 1. The van der Waals surface area contributed by atoms with Crippen LogP contribution in [0.25, 0.3) is 0 Å². The van der Waals surface area contributed by atoms with Gasteiger partial charge in [-0.05, 0) is 19.8 Å². The molecule has 100 valence electrons. The van der Waals surface area contributed by atoms with Gasteiger partial charge in [0.2, 0.25) is 0 Å². The van der Waals surface area contributed by atoms with Crippen molar-refractivity contribution in [3.63, 3.8) is 0 Å². The van der Waals surface area contributed by atoms with Crippen molar-refractivity contribution in [3.8, 4) is 0 Å². The Labute approximate surface area is 105 Å². The standard InChI is InChI=1S/C14H26O3/c1-7-11(15)8-12-10(4)13(9(2)3)17-14(5,6)16-12/h9-10,12-13H,7-8H2,1-6H3/t10-,12+,13+/m0/s1. The summed E-state index contributed by atoms with van der Waals surface area (Å²) in [5, 5.41) is 0. The van der Waals surface area contributed by atoms with E-state index in [1.54, 1.807) is 0 Å². The summed E-state index contributed by atoms with van der Waals surface area (Å²) in [7, 11) is 0. The second-order valence-electron chi connectivity index (χ2n) is 5.84. The highest BCUT2D eigenvalue weighted by atomic mass is 16.7. The third kappa shape index (κ3) is 3.78. The zero-order valence-corrected chi connectivity index (χ0v) is 11.9. The summed E-state index contributed by atoms with van der Waals surface area (Å²) in [5.41, 5.74) is 0. The average molecular weight is 242 g/mol. The molecule has 17 heavy (non-hydrogen) atoms. The molecule has 1 aliphatic rings. The maximum atomic E-state index is 11.6. The summed E-state index contributed by atoms with van der Waals surface area (Å²) >= 11 is 0. The van der Waals surface area contributed by atoms with Gasteiger partial charge in [-0.15, -0.1) is 0 Å². The Morgan fingerprint density at radius 2 is 1.88 bits per heavy atom. The van der Waals surface area contributed by atoms with Gasteiger partial charge in [-0.25, -0.2) is 0 Å². The molecule has 1 rings (SSSR count). The fourth-order valence-electron chi connectivity index (χ4n) is 2.49. The van der Waals surface area contributed by atoms with Gasteiger partial charge in [0.05, 0.1) is 12.2 Å². The van der Waals surface area contributed by atoms with Gasteiger partial charge in [0, 0.05) is 18.8 Å². The van der Waals surface area contributed by atoms with Crippen LogP contribution >= 0.6 is 0 Å². The van der Waals surface area contributed by atoms with Crippen LogP contribution in [0.1, 0.15) is 54.4 Å². The molecule has 0 saturated carbocycles. The lowest BCUT2D eigenvalue weighted by Gasteiger charge is -2.46. The van der Waals surface area contributed by atoms with Crippen LogP contribution in [0.3, 0.4) is 0 Å². The molecule has 0 bridgehead atoms. The molecular formula is C14H26O3. The molecule has 0 aromatic heterocycles. The van der Waals surface area contributed by atoms with Crippen LogP contribution in [0.4, 0.5) is 0 Å². The molecule has 1 fully saturated rings. The Morgan fingerprint density at radius 1 is 1.29 bits per heavy atom. The summed E-state index contributed by atoms with van der Waals surface area (Å²) in [6, 6.07) is 0. The summed E-state index contributed by atoms with van der Waals surface area (Å²) in [6.45, 7) is 12.2. The smallest absolute Gasteiger partial charge is 0.163 e. The Hall–Kier alpha value is -0.410. The van der Waals surface area contributed by atoms with E-state index in [4.69, 9.17) is 9.47 Å². The molecular weight excluding hydrogens is 216 g/mol. The minimum atomic E-state index is -0.583. The highest BCUT2D eigenvalue weighted by molar-refractivity contribution is 5.78. The van der Waals surface area contributed by atoms with Crippen LogP contribution < -0.4 is 0 Å². The van der Waals surface area contributed by atoms with Gasteiger partial charge >= 0.3 is 0 Å². The molecule has 1 heterocycles. The van der Waals surface area contributed by atoms with E-state index in [-0.39, 0.29) is 23.9 Å². The van der Waals surface area contributed by atoms with Crippen molar-refractivity contribution in [3.05, 3.63) is 0 Å². The lowest BCUT2D eigenvalue weighted by atomic mass is 9.86.